The molecular weight excluding hydrogens is 695 g/mol. The van der Waals surface area contributed by atoms with Gasteiger partial charge >= 0.3 is 0 Å². The maximum Gasteiger partial charge on any atom is 0.235 e. The van der Waals surface area contributed by atoms with Crippen LogP contribution in [0.2, 0.25) is 0 Å². The fourth-order valence-electron chi connectivity index (χ4n) is 9.00. The summed E-state index contributed by atoms with van der Waals surface area (Å²) in [4.78, 5) is 12.9. The van der Waals surface area contributed by atoms with Crippen LogP contribution in [0.15, 0.2) is 194 Å². The predicted molar refractivity (Wildman–Crippen MR) is 236 cm³/mol. The Morgan fingerprint density at radius 2 is 1.28 bits per heavy atom. The van der Waals surface area contributed by atoms with Crippen LogP contribution in [0.5, 0.6) is 0 Å². The number of hydrogen-bond acceptors (Lipinski definition) is 4. The maximum atomic E-state index is 5.28. The lowest BCUT2D eigenvalue weighted by atomic mass is 9.83. The van der Waals surface area contributed by atoms with Gasteiger partial charge in [-0.3, -0.25) is 4.57 Å². The Labute approximate surface area is 331 Å². The Morgan fingerprint density at radius 3 is 2.11 bits per heavy atom. The second-order valence-electron chi connectivity index (χ2n) is 14.6. The molecule has 7 aromatic carbocycles. The fourth-order valence-corrected chi connectivity index (χ4v) is 9.00. The summed E-state index contributed by atoms with van der Waals surface area (Å²) in [5.41, 5.74) is 16.8. The third-order valence-corrected chi connectivity index (χ3v) is 11.5. The van der Waals surface area contributed by atoms with E-state index < -0.39 is 0 Å². The number of aromatic nitrogens is 3. The quantitative estimate of drug-likeness (QED) is 0.177. The van der Waals surface area contributed by atoms with Crippen LogP contribution in [0, 0.1) is 0 Å². The number of nitrogens with zero attached hydrogens (tertiary/aromatic N) is 4. The van der Waals surface area contributed by atoms with Crippen molar-refractivity contribution in [1.29, 1.82) is 0 Å². The summed E-state index contributed by atoms with van der Waals surface area (Å²) < 4.78 is 2.21. The molecule has 270 valence electrons. The van der Waals surface area contributed by atoms with E-state index in [2.05, 4.69) is 186 Å². The number of anilines is 2. The van der Waals surface area contributed by atoms with Gasteiger partial charge in [-0.2, -0.15) is 0 Å². The Bertz CT molecular complexity index is 3140. The lowest BCUT2D eigenvalue weighted by molar-refractivity contribution is 0.418. The van der Waals surface area contributed by atoms with Crippen molar-refractivity contribution in [2.75, 3.05) is 5.32 Å². The third-order valence-electron chi connectivity index (χ3n) is 11.5. The number of para-hydroxylation sites is 3. The van der Waals surface area contributed by atoms with E-state index in [1.165, 1.54) is 28.0 Å². The van der Waals surface area contributed by atoms with Gasteiger partial charge in [-0.05, 0) is 78.2 Å². The van der Waals surface area contributed by atoms with Gasteiger partial charge in [-0.15, -0.1) is 0 Å². The molecule has 1 atom stereocenters. The van der Waals surface area contributed by atoms with Gasteiger partial charge in [0.2, 0.25) is 5.95 Å². The van der Waals surface area contributed by atoms with Crippen molar-refractivity contribution in [2.45, 2.75) is 13.0 Å². The van der Waals surface area contributed by atoms with Gasteiger partial charge in [0.25, 0.3) is 0 Å². The molecule has 5 nitrogen and oxygen atoms in total. The van der Waals surface area contributed by atoms with E-state index in [0.717, 1.165) is 72.2 Å². The second kappa shape index (κ2) is 13.1. The van der Waals surface area contributed by atoms with Crippen LogP contribution >= 0.6 is 0 Å². The monoisotopic (exact) mass is 731 g/mol. The van der Waals surface area contributed by atoms with Crippen molar-refractivity contribution in [3.63, 3.8) is 0 Å². The summed E-state index contributed by atoms with van der Waals surface area (Å²) >= 11 is 0. The highest BCUT2D eigenvalue weighted by molar-refractivity contribution is 6.10. The van der Waals surface area contributed by atoms with Gasteiger partial charge in [0, 0.05) is 61.2 Å². The largest absolute Gasteiger partial charge is 0.355 e. The summed E-state index contributed by atoms with van der Waals surface area (Å²) in [5, 5.41) is 7.10. The number of nitrogens with one attached hydrogen (secondary N) is 1. The van der Waals surface area contributed by atoms with Crippen molar-refractivity contribution < 1.29 is 0 Å². The smallest absolute Gasteiger partial charge is 0.235 e. The first-order valence-corrected chi connectivity index (χ1v) is 19.4. The van der Waals surface area contributed by atoms with Gasteiger partial charge in [-0.25, -0.2) is 9.97 Å². The third kappa shape index (κ3) is 5.09. The molecule has 0 saturated heterocycles. The average molecular weight is 732 g/mol. The van der Waals surface area contributed by atoms with Crippen LogP contribution in [-0.4, -0.2) is 19.4 Å². The van der Waals surface area contributed by atoms with Gasteiger partial charge in [0.05, 0.1) is 28.3 Å². The van der Waals surface area contributed by atoms with Gasteiger partial charge in [-0.1, -0.05) is 134 Å². The molecule has 2 aliphatic rings. The fraction of sp³-hybridized carbons (Fsp3) is 0.0385. The Balaban J connectivity index is 1.09. The number of benzene rings is 7. The zero-order valence-corrected chi connectivity index (χ0v) is 31.4. The molecule has 0 amide bonds. The lowest BCUT2D eigenvalue weighted by Crippen LogP contribution is -2.32. The Morgan fingerprint density at radius 1 is 0.596 bits per heavy atom. The number of rotatable bonds is 7. The molecule has 0 saturated carbocycles. The van der Waals surface area contributed by atoms with Crippen LogP contribution in [0.1, 0.15) is 29.7 Å². The minimum atomic E-state index is 0.107. The van der Waals surface area contributed by atoms with Crippen LogP contribution in [0.3, 0.4) is 0 Å². The van der Waals surface area contributed by atoms with Crippen molar-refractivity contribution in [3.8, 4) is 28.3 Å². The van der Waals surface area contributed by atoms with Crippen LogP contribution in [0.25, 0.3) is 72.3 Å². The SMILES string of the molecule is C=CC1=C(c2cc(-c3ccc4c(c3)c3ccccc3n4-c3nc(-c4ccccc4)c4ccccc4n3)ccc2Nc2ccccc2)C2c3ccccc3/C(=C/C)N12. The van der Waals surface area contributed by atoms with E-state index in [-0.39, 0.29) is 6.04 Å². The molecule has 4 heterocycles. The summed E-state index contributed by atoms with van der Waals surface area (Å²) in [6.07, 6.45) is 4.23. The maximum absolute atomic E-state index is 5.28. The van der Waals surface area contributed by atoms with Crippen molar-refractivity contribution in [1.82, 2.24) is 19.4 Å². The summed E-state index contributed by atoms with van der Waals surface area (Å²) in [5.74, 6) is 0.654. The average Bonchev–Trinajstić information content (AvgIpc) is 3.74. The molecular formula is C52H37N5. The predicted octanol–water partition coefficient (Wildman–Crippen LogP) is 13.1. The number of hydrogen-bond donors (Lipinski definition) is 1. The van der Waals surface area contributed by atoms with E-state index in [4.69, 9.17) is 9.97 Å². The minimum Gasteiger partial charge on any atom is -0.355 e. The first-order valence-electron chi connectivity index (χ1n) is 19.4. The molecule has 2 aromatic heterocycles. The standard InChI is InChI=1S/C52H37N5/c1-3-45-37-21-11-12-23-39(37)51-49(46(4-2)56(45)51)42-32-34(27-29-44(42)53-36-19-9-6-10-20-36)35-28-30-48-41(31-35)38-22-14-16-26-47(38)57(48)52-54-43-25-15-13-24-40(43)50(55-52)33-17-7-5-8-18-33/h3-32,51,53H,2H2,1H3/b45-3-. The second-order valence-corrected chi connectivity index (χ2v) is 14.6. The molecule has 0 spiro atoms. The normalized spacial score (nSPS) is 15.3. The highest BCUT2D eigenvalue weighted by Crippen LogP contribution is 2.60. The first kappa shape index (κ1) is 32.9. The van der Waals surface area contributed by atoms with E-state index in [0.29, 0.717) is 5.95 Å². The molecule has 57 heavy (non-hydrogen) atoms. The minimum absolute atomic E-state index is 0.107. The topological polar surface area (TPSA) is 46.0 Å². The highest BCUT2D eigenvalue weighted by atomic mass is 15.3. The molecule has 0 bridgehead atoms. The summed E-state index contributed by atoms with van der Waals surface area (Å²) in [6.45, 7) is 6.44. The molecule has 2 aliphatic heterocycles. The van der Waals surface area contributed by atoms with Crippen molar-refractivity contribution in [2.24, 2.45) is 0 Å². The number of allylic oxidation sites excluding steroid dienone is 2. The van der Waals surface area contributed by atoms with Gasteiger partial charge in [0.1, 0.15) is 0 Å². The van der Waals surface area contributed by atoms with Crippen LogP contribution in [-0.2, 0) is 0 Å². The zero-order valence-electron chi connectivity index (χ0n) is 31.4. The van der Waals surface area contributed by atoms with Crippen molar-refractivity contribution in [3.05, 3.63) is 211 Å². The van der Waals surface area contributed by atoms with E-state index >= 15 is 0 Å². The van der Waals surface area contributed by atoms with E-state index in [1.54, 1.807) is 0 Å². The van der Waals surface area contributed by atoms with Crippen molar-refractivity contribution >= 4 is 55.4 Å². The summed E-state index contributed by atoms with van der Waals surface area (Å²) in [6, 6.07) is 60.2. The molecule has 0 radical (unpaired) electrons. The highest BCUT2D eigenvalue weighted by Gasteiger charge is 2.46. The van der Waals surface area contributed by atoms with Gasteiger partial charge in [0.15, 0.2) is 0 Å². The lowest BCUT2D eigenvalue weighted by Gasteiger charge is -2.43. The number of fused-ring (bicyclic) bond motifs is 7. The van der Waals surface area contributed by atoms with Crippen LogP contribution in [0.4, 0.5) is 11.4 Å². The first-order chi connectivity index (χ1) is 28.2. The Kier molecular flexibility index (Phi) is 7.54. The van der Waals surface area contributed by atoms with E-state index in [9.17, 15) is 0 Å². The van der Waals surface area contributed by atoms with Gasteiger partial charge < -0.3 is 10.2 Å². The molecule has 1 N–H and O–H groups in total. The zero-order chi connectivity index (χ0) is 38.0. The summed E-state index contributed by atoms with van der Waals surface area (Å²) in [7, 11) is 0. The molecule has 11 rings (SSSR count). The van der Waals surface area contributed by atoms with E-state index in [1.807, 2.05) is 24.3 Å². The molecule has 1 unspecified atom stereocenters. The molecule has 0 fully saturated rings. The Hall–Kier alpha value is -7.50. The molecule has 0 aliphatic carbocycles. The molecule has 9 aromatic rings. The van der Waals surface area contributed by atoms with Crippen LogP contribution < -0.4 is 5.32 Å². The molecule has 5 heteroatoms.